The summed E-state index contributed by atoms with van der Waals surface area (Å²) in [5, 5.41) is 19.2. The van der Waals surface area contributed by atoms with Crippen molar-refractivity contribution in [2.75, 3.05) is 0 Å². The van der Waals surface area contributed by atoms with Crippen LogP contribution in [0.5, 0.6) is 0 Å². The second-order valence-corrected chi connectivity index (χ2v) is 7.77. The molecule has 2 nitrogen and oxygen atoms in total. The van der Waals surface area contributed by atoms with Crippen LogP contribution >= 0.6 is 0 Å². The Morgan fingerprint density at radius 1 is 0.633 bits per heavy atom. The van der Waals surface area contributed by atoms with Gasteiger partial charge in [0, 0.05) is 11.8 Å². The van der Waals surface area contributed by atoms with E-state index in [2.05, 4.69) is 0 Å². The molecule has 14 heteroatoms. The van der Waals surface area contributed by atoms with Crippen molar-refractivity contribution in [3.05, 3.63) is 0 Å². The molecule has 0 aliphatic heterocycles. The van der Waals surface area contributed by atoms with Crippen LogP contribution in [0.1, 0.15) is 39.5 Å². The fraction of sp³-hybridized carbons (Fsp3) is 1.00. The summed E-state index contributed by atoms with van der Waals surface area (Å²) < 4.78 is 159. The standard InChI is InChI=1S/C16H20F12O2/c1-3-7(2)8-4-9(11(29,13(17,18)19)14(20,21)22)6-10(5-8)12(30,15(23,24)25)16(26,27)28/h7-10,29-30H,3-6H2,1-2H3. The van der Waals surface area contributed by atoms with Gasteiger partial charge in [-0.05, 0) is 31.1 Å². The zero-order valence-corrected chi connectivity index (χ0v) is 15.6. The minimum absolute atomic E-state index is 0.0248. The fourth-order valence-corrected chi connectivity index (χ4v) is 4.09. The molecule has 0 spiro atoms. The van der Waals surface area contributed by atoms with Gasteiger partial charge in [-0.1, -0.05) is 20.3 Å². The molecule has 0 aromatic heterocycles. The zero-order valence-electron chi connectivity index (χ0n) is 15.6. The predicted octanol–water partition coefficient (Wildman–Crippen LogP) is 5.78. The fourth-order valence-electron chi connectivity index (χ4n) is 4.09. The molecular formula is C16H20F12O2. The minimum Gasteiger partial charge on any atom is -0.373 e. The van der Waals surface area contributed by atoms with Gasteiger partial charge in [0.25, 0.3) is 11.2 Å². The number of alkyl halides is 12. The van der Waals surface area contributed by atoms with Crippen molar-refractivity contribution >= 4 is 0 Å². The van der Waals surface area contributed by atoms with Gasteiger partial charge < -0.3 is 10.2 Å². The van der Waals surface area contributed by atoms with Gasteiger partial charge >= 0.3 is 24.7 Å². The lowest BCUT2D eigenvalue weighted by atomic mass is 9.61. The molecule has 0 saturated heterocycles. The summed E-state index contributed by atoms with van der Waals surface area (Å²) in [6, 6.07) is 0. The number of rotatable bonds is 4. The van der Waals surface area contributed by atoms with Crippen LogP contribution in [0.2, 0.25) is 0 Å². The Bertz CT molecular complexity index is 515. The molecular weight excluding hydrogens is 452 g/mol. The lowest BCUT2D eigenvalue weighted by Gasteiger charge is -2.49. The number of aliphatic hydroxyl groups is 2. The van der Waals surface area contributed by atoms with Crippen LogP contribution in [0.4, 0.5) is 52.7 Å². The van der Waals surface area contributed by atoms with Gasteiger partial charge in [0.1, 0.15) is 0 Å². The number of hydrogen-bond acceptors (Lipinski definition) is 2. The smallest absolute Gasteiger partial charge is 0.373 e. The molecule has 1 aliphatic carbocycles. The van der Waals surface area contributed by atoms with Gasteiger partial charge in [-0.2, -0.15) is 52.7 Å². The molecule has 1 rings (SSSR count). The summed E-state index contributed by atoms with van der Waals surface area (Å²) in [5.41, 5.74) is -11.1. The summed E-state index contributed by atoms with van der Waals surface area (Å²) in [7, 11) is 0. The van der Waals surface area contributed by atoms with E-state index in [1.165, 1.54) is 13.8 Å². The molecule has 1 saturated carbocycles. The van der Waals surface area contributed by atoms with Crippen molar-refractivity contribution < 1.29 is 62.9 Å². The quantitative estimate of drug-likeness (QED) is 0.510. The maximum Gasteiger partial charge on any atom is 0.426 e. The first kappa shape index (κ1) is 27.1. The van der Waals surface area contributed by atoms with Gasteiger partial charge in [0.15, 0.2) is 0 Å². The van der Waals surface area contributed by atoms with E-state index < -0.39 is 78.8 Å². The van der Waals surface area contributed by atoms with E-state index in [0.717, 1.165) is 0 Å². The van der Waals surface area contributed by atoms with Crippen LogP contribution in [0.3, 0.4) is 0 Å². The van der Waals surface area contributed by atoms with E-state index in [1.54, 1.807) is 0 Å². The van der Waals surface area contributed by atoms with Crippen molar-refractivity contribution in [2.24, 2.45) is 23.7 Å². The van der Waals surface area contributed by atoms with Gasteiger partial charge in [-0.25, -0.2) is 0 Å². The molecule has 1 aliphatic rings. The highest BCUT2D eigenvalue weighted by molar-refractivity contribution is 5.08. The highest BCUT2D eigenvalue weighted by Gasteiger charge is 2.78. The summed E-state index contributed by atoms with van der Waals surface area (Å²) in [4.78, 5) is 0. The van der Waals surface area contributed by atoms with E-state index in [0.29, 0.717) is 0 Å². The number of hydrogen-bond donors (Lipinski definition) is 2. The molecule has 3 unspecified atom stereocenters. The lowest BCUT2D eigenvalue weighted by Crippen LogP contribution is -2.67. The van der Waals surface area contributed by atoms with Crippen LogP contribution in [0.25, 0.3) is 0 Å². The second kappa shape index (κ2) is 7.89. The Hall–Kier alpha value is -0.920. The van der Waals surface area contributed by atoms with Gasteiger partial charge in [-0.15, -0.1) is 0 Å². The second-order valence-electron chi connectivity index (χ2n) is 7.77. The van der Waals surface area contributed by atoms with Crippen molar-refractivity contribution in [2.45, 2.75) is 75.4 Å². The van der Waals surface area contributed by atoms with Crippen LogP contribution in [-0.2, 0) is 0 Å². The van der Waals surface area contributed by atoms with E-state index in [1.807, 2.05) is 0 Å². The average molecular weight is 472 g/mol. The summed E-state index contributed by atoms with van der Waals surface area (Å²) in [6.45, 7) is 2.63. The maximum atomic E-state index is 13.2. The Morgan fingerprint density at radius 2 is 0.900 bits per heavy atom. The molecule has 1 fully saturated rings. The zero-order chi connectivity index (χ0) is 24.1. The molecule has 2 N–H and O–H groups in total. The Morgan fingerprint density at radius 3 is 1.10 bits per heavy atom. The Kier molecular flexibility index (Phi) is 7.13. The Balaban J connectivity index is 3.66. The van der Waals surface area contributed by atoms with Crippen molar-refractivity contribution in [3.63, 3.8) is 0 Å². The lowest BCUT2D eigenvalue weighted by molar-refractivity contribution is -0.405. The third kappa shape index (κ3) is 4.35. The largest absolute Gasteiger partial charge is 0.426 e. The van der Waals surface area contributed by atoms with Crippen LogP contribution in [0, 0.1) is 23.7 Å². The molecule has 0 heterocycles. The third-order valence-electron chi connectivity index (χ3n) is 6.10. The molecule has 0 radical (unpaired) electrons. The van der Waals surface area contributed by atoms with E-state index in [9.17, 15) is 62.9 Å². The molecule has 0 aromatic carbocycles. The van der Waals surface area contributed by atoms with Crippen LogP contribution in [0.15, 0.2) is 0 Å². The molecule has 180 valence electrons. The maximum absolute atomic E-state index is 13.2. The normalized spacial score (nSPS) is 26.6. The highest BCUT2D eigenvalue weighted by atomic mass is 19.4. The predicted molar refractivity (Wildman–Crippen MR) is 77.9 cm³/mol. The first-order valence-corrected chi connectivity index (χ1v) is 8.77. The molecule has 3 atom stereocenters. The van der Waals surface area contributed by atoms with Crippen LogP contribution in [-0.4, -0.2) is 46.1 Å². The van der Waals surface area contributed by atoms with Gasteiger partial charge in [0.05, 0.1) is 0 Å². The van der Waals surface area contributed by atoms with E-state index in [-0.39, 0.29) is 6.42 Å². The highest BCUT2D eigenvalue weighted by Crippen LogP contribution is 2.59. The monoisotopic (exact) mass is 472 g/mol. The minimum atomic E-state index is -6.42. The van der Waals surface area contributed by atoms with E-state index in [4.69, 9.17) is 0 Å². The number of halogens is 12. The summed E-state index contributed by atoms with van der Waals surface area (Å²) in [6.07, 6.45) is -29.9. The first-order valence-electron chi connectivity index (χ1n) is 8.77. The summed E-state index contributed by atoms with van der Waals surface area (Å²) >= 11 is 0. The van der Waals surface area contributed by atoms with Crippen molar-refractivity contribution in [1.82, 2.24) is 0 Å². The molecule has 0 bridgehead atoms. The third-order valence-corrected chi connectivity index (χ3v) is 6.10. The van der Waals surface area contributed by atoms with Gasteiger partial charge in [-0.3, -0.25) is 0 Å². The SMILES string of the molecule is CCC(C)C1CC(C(O)(C(F)(F)F)C(F)(F)F)CC(C(O)(C(F)(F)F)C(F)(F)F)C1. The van der Waals surface area contributed by atoms with Crippen LogP contribution < -0.4 is 0 Å². The molecule has 0 amide bonds. The topological polar surface area (TPSA) is 40.5 Å². The van der Waals surface area contributed by atoms with Crippen molar-refractivity contribution in [3.8, 4) is 0 Å². The average Bonchev–Trinajstić information content (AvgIpc) is 2.54. The van der Waals surface area contributed by atoms with Gasteiger partial charge in [0.2, 0.25) is 0 Å². The Labute approximate surface area is 163 Å². The summed E-state index contributed by atoms with van der Waals surface area (Å²) in [5.74, 6) is -8.49. The van der Waals surface area contributed by atoms with Crippen molar-refractivity contribution in [1.29, 1.82) is 0 Å². The first-order chi connectivity index (χ1) is 13.1. The molecule has 0 aromatic rings. The molecule has 30 heavy (non-hydrogen) atoms. The van der Waals surface area contributed by atoms with E-state index >= 15 is 0 Å².